The van der Waals surface area contributed by atoms with Gasteiger partial charge in [-0.15, -0.1) is 0 Å². The van der Waals surface area contributed by atoms with Crippen LogP contribution in [0.5, 0.6) is 5.75 Å². The Morgan fingerprint density at radius 2 is 1.66 bits per heavy atom. The van der Waals surface area contributed by atoms with Gasteiger partial charge in [0.1, 0.15) is 11.4 Å². The highest BCUT2D eigenvalue weighted by molar-refractivity contribution is 6.46. The average molecular weight is 429 g/mol. The van der Waals surface area contributed by atoms with Crippen molar-refractivity contribution in [3.8, 4) is 5.75 Å². The van der Waals surface area contributed by atoms with Crippen LogP contribution in [0.25, 0.3) is 5.57 Å². The van der Waals surface area contributed by atoms with Gasteiger partial charge in [-0.2, -0.15) is 0 Å². The second-order valence-corrected chi connectivity index (χ2v) is 7.20. The average Bonchev–Trinajstić information content (AvgIpc) is 3.03. The van der Waals surface area contributed by atoms with Gasteiger partial charge in [-0.05, 0) is 54.4 Å². The smallest absolute Gasteiger partial charge is 0.282 e. The molecule has 0 spiro atoms. The fourth-order valence-electron chi connectivity index (χ4n) is 3.51. The molecule has 0 aliphatic carbocycles. The van der Waals surface area contributed by atoms with Crippen LogP contribution in [0.1, 0.15) is 11.1 Å². The van der Waals surface area contributed by atoms with E-state index in [1.54, 1.807) is 42.5 Å². The first-order chi connectivity index (χ1) is 15.4. The number of hydrogen-bond acceptors (Lipinski definition) is 6. The monoisotopic (exact) mass is 429 g/mol. The maximum atomic E-state index is 13.4. The van der Waals surface area contributed by atoms with Crippen LogP contribution in [0.4, 0.5) is 17.1 Å². The van der Waals surface area contributed by atoms with Crippen molar-refractivity contribution in [3.63, 3.8) is 0 Å². The van der Waals surface area contributed by atoms with E-state index in [1.165, 1.54) is 31.4 Å². The number of hydrogen-bond donors (Lipinski definition) is 1. The Morgan fingerprint density at radius 3 is 2.31 bits per heavy atom. The standard InChI is InChI=1S/C24H19N3O5/c1-15-5-3-7-19(13-15)26-23(28)21(16-9-11-18(12-10-16)27(30)31)22(24(26)29)25-17-6-4-8-20(14-17)32-2/h3-14,25H,1-2H3. The topological polar surface area (TPSA) is 102 Å². The van der Waals surface area contributed by atoms with Crippen LogP contribution in [0.15, 0.2) is 78.5 Å². The molecule has 0 aromatic heterocycles. The predicted octanol–water partition coefficient (Wildman–Crippen LogP) is 4.31. The quantitative estimate of drug-likeness (QED) is 0.356. The van der Waals surface area contributed by atoms with Gasteiger partial charge in [0.05, 0.1) is 23.3 Å². The molecule has 3 aromatic rings. The van der Waals surface area contributed by atoms with Crippen LogP contribution in [0.3, 0.4) is 0 Å². The highest BCUT2D eigenvalue weighted by atomic mass is 16.6. The Morgan fingerprint density at radius 1 is 0.938 bits per heavy atom. The summed E-state index contributed by atoms with van der Waals surface area (Å²) in [6.45, 7) is 1.87. The van der Waals surface area contributed by atoms with E-state index in [-0.39, 0.29) is 17.0 Å². The summed E-state index contributed by atoms with van der Waals surface area (Å²) in [6.07, 6.45) is 0. The normalized spacial score (nSPS) is 13.5. The van der Waals surface area contributed by atoms with Crippen LogP contribution in [-0.4, -0.2) is 23.8 Å². The van der Waals surface area contributed by atoms with Gasteiger partial charge >= 0.3 is 0 Å². The highest BCUT2D eigenvalue weighted by Crippen LogP contribution is 2.35. The Hall–Kier alpha value is -4.46. The van der Waals surface area contributed by atoms with E-state index < -0.39 is 16.7 Å². The summed E-state index contributed by atoms with van der Waals surface area (Å²) in [4.78, 5) is 38.4. The Labute approximate surface area is 183 Å². The van der Waals surface area contributed by atoms with Crippen LogP contribution >= 0.6 is 0 Å². The van der Waals surface area contributed by atoms with Gasteiger partial charge < -0.3 is 10.1 Å². The largest absolute Gasteiger partial charge is 0.497 e. The maximum absolute atomic E-state index is 13.4. The molecule has 0 radical (unpaired) electrons. The third-order valence-electron chi connectivity index (χ3n) is 5.05. The number of nitrogens with one attached hydrogen (secondary N) is 1. The lowest BCUT2D eigenvalue weighted by molar-refractivity contribution is -0.384. The second-order valence-electron chi connectivity index (χ2n) is 7.20. The first-order valence-corrected chi connectivity index (χ1v) is 9.74. The number of rotatable bonds is 6. The molecule has 0 saturated heterocycles. The summed E-state index contributed by atoms with van der Waals surface area (Å²) < 4.78 is 5.24. The molecule has 160 valence electrons. The predicted molar refractivity (Wildman–Crippen MR) is 120 cm³/mol. The van der Waals surface area contributed by atoms with E-state index in [2.05, 4.69) is 5.32 Å². The molecule has 1 aliphatic heterocycles. The van der Waals surface area contributed by atoms with Crippen LogP contribution in [-0.2, 0) is 9.59 Å². The summed E-state index contributed by atoms with van der Waals surface area (Å²) in [6, 6.07) is 19.6. The van der Waals surface area contributed by atoms with Crippen molar-refractivity contribution >= 4 is 34.4 Å². The number of carbonyl (C=O) groups excluding carboxylic acids is 2. The third-order valence-corrected chi connectivity index (χ3v) is 5.05. The molecule has 0 unspecified atom stereocenters. The zero-order valence-electron chi connectivity index (χ0n) is 17.4. The van der Waals surface area contributed by atoms with E-state index in [9.17, 15) is 19.7 Å². The number of imide groups is 1. The van der Waals surface area contributed by atoms with Gasteiger partial charge in [0.2, 0.25) is 0 Å². The number of amides is 2. The van der Waals surface area contributed by atoms with Gasteiger partial charge in [-0.3, -0.25) is 19.7 Å². The molecule has 0 saturated carbocycles. The Bertz CT molecular complexity index is 1260. The molecule has 0 atom stereocenters. The Balaban J connectivity index is 1.82. The van der Waals surface area contributed by atoms with E-state index in [0.29, 0.717) is 22.7 Å². The second kappa shape index (κ2) is 8.35. The number of aryl methyl sites for hydroxylation is 1. The summed E-state index contributed by atoms with van der Waals surface area (Å²) in [5.74, 6) is -0.448. The molecule has 0 bridgehead atoms. The summed E-state index contributed by atoms with van der Waals surface area (Å²) in [5, 5.41) is 14.1. The fourth-order valence-corrected chi connectivity index (χ4v) is 3.51. The SMILES string of the molecule is COc1cccc(NC2=C(c3ccc([N+](=O)[O-])cc3)C(=O)N(c3cccc(C)c3)C2=O)c1. The minimum absolute atomic E-state index is 0.0820. The highest BCUT2D eigenvalue weighted by Gasteiger charge is 2.40. The van der Waals surface area contributed by atoms with Gasteiger partial charge in [0.15, 0.2) is 0 Å². The lowest BCUT2D eigenvalue weighted by atomic mass is 10.0. The third kappa shape index (κ3) is 3.81. The maximum Gasteiger partial charge on any atom is 0.282 e. The van der Waals surface area contributed by atoms with Crippen molar-refractivity contribution in [2.45, 2.75) is 6.92 Å². The van der Waals surface area contributed by atoms with Crippen molar-refractivity contribution in [1.82, 2.24) is 0 Å². The molecule has 2 amide bonds. The molecule has 8 heteroatoms. The summed E-state index contributed by atoms with van der Waals surface area (Å²) in [5.41, 5.74) is 2.41. The molecular weight excluding hydrogens is 410 g/mol. The molecule has 4 rings (SSSR count). The molecule has 1 N–H and O–H groups in total. The molecule has 1 heterocycles. The van der Waals surface area contributed by atoms with Crippen molar-refractivity contribution in [1.29, 1.82) is 0 Å². The number of nitrogens with zero attached hydrogens (tertiary/aromatic N) is 2. The molecule has 0 fully saturated rings. The number of non-ortho nitro benzene ring substituents is 1. The fraction of sp³-hybridized carbons (Fsp3) is 0.0833. The number of benzene rings is 3. The summed E-state index contributed by atoms with van der Waals surface area (Å²) >= 11 is 0. The first kappa shape index (κ1) is 20.8. The lowest BCUT2D eigenvalue weighted by Gasteiger charge is -2.16. The molecule has 32 heavy (non-hydrogen) atoms. The number of ether oxygens (including phenoxy) is 1. The van der Waals surface area contributed by atoms with E-state index in [1.807, 2.05) is 13.0 Å². The molecular formula is C24H19N3O5. The molecule has 3 aromatic carbocycles. The molecule has 8 nitrogen and oxygen atoms in total. The molecule has 1 aliphatic rings. The van der Waals surface area contributed by atoms with Gasteiger partial charge in [0, 0.05) is 23.9 Å². The van der Waals surface area contributed by atoms with E-state index in [0.717, 1.165) is 10.5 Å². The zero-order valence-corrected chi connectivity index (χ0v) is 17.4. The number of carbonyl (C=O) groups is 2. The first-order valence-electron chi connectivity index (χ1n) is 9.74. The lowest BCUT2D eigenvalue weighted by Crippen LogP contribution is -2.32. The van der Waals surface area contributed by atoms with Crippen LogP contribution in [0.2, 0.25) is 0 Å². The van der Waals surface area contributed by atoms with Crippen LogP contribution < -0.4 is 15.0 Å². The number of nitro benzene ring substituents is 1. The number of methoxy groups -OCH3 is 1. The van der Waals surface area contributed by atoms with E-state index >= 15 is 0 Å². The minimum Gasteiger partial charge on any atom is -0.497 e. The summed E-state index contributed by atoms with van der Waals surface area (Å²) in [7, 11) is 1.53. The van der Waals surface area contributed by atoms with Gasteiger partial charge in [-0.1, -0.05) is 18.2 Å². The van der Waals surface area contributed by atoms with E-state index in [4.69, 9.17) is 4.74 Å². The number of anilines is 2. The van der Waals surface area contributed by atoms with Crippen molar-refractivity contribution < 1.29 is 19.2 Å². The van der Waals surface area contributed by atoms with Crippen molar-refractivity contribution in [2.24, 2.45) is 0 Å². The van der Waals surface area contributed by atoms with Crippen molar-refractivity contribution in [2.75, 3.05) is 17.3 Å². The Kier molecular flexibility index (Phi) is 5.43. The minimum atomic E-state index is -0.520. The van der Waals surface area contributed by atoms with Gasteiger partial charge in [-0.25, -0.2) is 4.90 Å². The number of nitro groups is 1. The van der Waals surface area contributed by atoms with Crippen LogP contribution in [0, 0.1) is 17.0 Å². The van der Waals surface area contributed by atoms with Crippen molar-refractivity contribution in [3.05, 3.63) is 99.7 Å². The zero-order chi connectivity index (χ0) is 22.8. The van der Waals surface area contributed by atoms with Gasteiger partial charge in [0.25, 0.3) is 17.5 Å².